The molecule has 0 fully saturated rings. The van der Waals surface area contributed by atoms with Crippen molar-refractivity contribution in [2.45, 2.75) is 13.3 Å². The minimum absolute atomic E-state index is 0. The van der Waals surface area contributed by atoms with Gasteiger partial charge >= 0.3 is 26.2 Å². The Morgan fingerprint density at radius 3 is 2.00 bits per heavy atom. The Bertz CT molecular complexity index is 20.9. The van der Waals surface area contributed by atoms with Crippen LogP contribution >= 0.6 is 0 Å². The predicted molar refractivity (Wildman–Crippen MR) is 26.3 cm³/mol. The Morgan fingerprint density at radius 2 is 2.00 bits per heavy atom. The van der Waals surface area contributed by atoms with Crippen molar-refractivity contribution in [3.05, 3.63) is 0 Å². The van der Waals surface area contributed by atoms with Crippen LogP contribution < -0.4 is 0 Å². The Balaban J connectivity index is 0. The molecule has 0 spiro atoms. The van der Waals surface area contributed by atoms with Crippen molar-refractivity contribution >= 4 is 32.5 Å². The van der Waals surface area contributed by atoms with E-state index in [0.29, 0.717) is 6.42 Å². The summed E-state index contributed by atoms with van der Waals surface area (Å²) in [5.41, 5.74) is 0. The number of carbonyl (C=O) groups is 1. The average Bonchev–Trinajstić information content (AvgIpc) is 1.37. The number of hydrogen-bond donors (Lipinski definition) is 0. The molecule has 0 saturated carbocycles. The number of carbonyl (C=O) groups excluding carboxylic acids is 1. The van der Waals surface area contributed by atoms with E-state index >= 15 is 0 Å². The molecular weight excluding hydrogens is 261 g/mol. The fourth-order valence-corrected chi connectivity index (χ4v) is 0. The van der Waals surface area contributed by atoms with Gasteiger partial charge in [-0.3, -0.25) is 0 Å². The van der Waals surface area contributed by atoms with Gasteiger partial charge in [-0.1, -0.05) is 6.92 Å². The first-order chi connectivity index (χ1) is 1.91. The van der Waals surface area contributed by atoms with Crippen LogP contribution in [0.5, 0.6) is 0 Å². The summed E-state index contributed by atoms with van der Waals surface area (Å²) >= 11 is 0. The van der Waals surface area contributed by atoms with Crippen LogP contribution in [0.2, 0.25) is 0 Å². The summed E-state index contributed by atoms with van der Waals surface area (Å²) in [6.07, 6.45) is 1.51. The van der Waals surface area contributed by atoms with Crippen molar-refractivity contribution in [1.29, 1.82) is 0 Å². The zero-order valence-corrected chi connectivity index (χ0v) is 8.90. The monoisotopic (exact) mass is 270 g/mol. The van der Waals surface area contributed by atoms with Crippen LogP contribution in [-0.2, 0) is 4.79 Å². The molecule has 0 radical (unpaired) electrons. The van der Waals surface area contributed by atoms with Crippen LogP contribution in [0, 0.1) is 0 Å². The van der Waals surface area contributed by atoms with Crippen molar-refractivity contribution < 1.29 is 4.79 Å². The van der Waals surface area contributed by atoms with Crippen LogP contribution in [0.4, 0.5) is 0 Å². The summed E-state index contributed by atoms with van der Waals surface area (Å²) in [6, 6.07) is 0. The third kappa shape index (κ3) is 12.3. The normalized spacial score (nSPS) is 5.00. The second-order valence-corrected chi connectivity index (χ2v) is 0.575. The Morgan fingerprint density at radius 1 is 1.80 bits per heavy atom. The summed E-state index contributed by atoms with van der Waals surface area (Å²) in [5, 5.41) is 0. The van der Waals surface area contributed by atoms with E-state index in [1.165, 1.54) is 0 Å². The molecular formula is C3H9BiO. The quantitative estimate of drug-likeness (QED) is 0.460. The van der Waals surface area contributed by atoms with E-state index < -0.39 is 0 Å². The van der Waals surface area contributed by atoms with E-state index in [0.717, 1.165) is 6.29 Å². The van der Waals surface area contributed by atoms with Gasteiger partial charge in [-0.25, -0.2) is 0 Å². The van der Waals surface area contributed by atoms with Crippen molar-refractivity contribution in [1.82, 2.24) is 0 Å². The maximum absolute atomic E-state index is 9.17. The molecule has 2 heteroatoms. The van der Waals surface area contributed by atoms with Crippen LogP contribution in [0.3, 0.4) is 0 Å². The van der Waals surface area contributed by atoms with Gasteiger partial charge in [-0.05, 0) is 0 Å². The minimum atomic E-state index is 0. The summed E-state index contributed by atoms with van der Waals surface area (Å²) in [6.45, 7) is 1.81. The van der Waals surface area contributed by atoms with Crippen molar-refractivity contribution in [2.24, 2.45) is 0 Å². The molecule has 0 N–H and O–H groups in total. The number of aldehydes is 1. The third-order valence-corrected chi connectivity index (χ3v) is 0.167. The number of hydrogen-bond acceptors (Lipinski definition) is 1. The van der Waals surface area contributed by atoms with E-state index in [9.17, 15) is 4.79 Å². The molecule has 0 amide bonds. The molecule has 0 aromatic rings. The first-order valence-electron chi connectivity index (χ1n) is 1.35. The van der Waals surface area contributed by atoms with Gasteiger partial charge in [0.2, 0.25) is 0 Å². The fourth-order valence-electron chi connectivity index (χ4n) is 0. The first-order valence-corrected chi connectivity index (χ1v) is 1.35. The molecule has 0 aliphatic heterocycles. The molecule has 0 rings (SSSR count). The molecule has 0 unspecified atom stereocenters. The van der Waals surface area contributed by atoms with Crippen LogP contribution in [-0.4, -0.2) is 32.5 Å². The SMILES string of the molecule is CCC=O.[BiH3]. The molecule has 0 aliphatic carbocycles. The molecule has 0 bridgehead atoms. The summed E-state index contributed by atoms with van der Waals surface area (Å²) in [5.74, 6) is 0. The third-order valence-electron chi connectivity index (χ3n) is 0.167. The second kappa shape index (κ2) is 8.82. The van der Waals surface area contributed by atoms with Crippen molar-refractivity contribution in [3.8, 4) is 0 Å². The Kier molecular flexibility index (Phi) is 16.1. The molecule has 5 heavy (non-hydrogen) atoms. The molecule has 1 nitrogen and oxygen atoms in total. The van der Waals surface area contributed by atoms with Gasteiger partial charge in [0.1, 0.15) is 6.29 Å². The van der Waals surface area contributed by atoms with E-state index in [1.54, 1.807) is 0 Å². The van der Waals surface area contributed by atoms with Gasteiger partial charge in [0.25, 0.3) is 0 Å². The van der Waals surface area contributed by atoms with Gasteiger partial charge in [0, 0.05) is 6.42 Å². The number of rotatable bonds is 1. The topological polar surface area (TPSA) is 17.1 Å². The zero-order chi connectivity index (χ0) is 3.41. The summed E-state index contributed by atoms with van der Waals surface area (Å²) in [4.78, 5) is 9.17. The Hall–Kier alpha value is 0.553. The molecule has 0 saturated heterocycles. The first kappa shape index (κ1) is 9.12. The summed E-state index contributed by atoms with van der Waals surface area (Å²) in [7, 11) is 0. The van der Waals surface area contributed by atoms with E-state index in [1.807, 2.05) is 6.92 Å². The van der Waals surface area contributed by atoms with Crippen molar-refractivity contribution in [2.75, 3.05) is 0 Å². The molecule has 0 aromatic heterocycles. The van der Waals surface area contributed by atoms with Crippen LogP contribution in [0.25, 0.3) is 0 Å². The maximum atomic E-state index is 9.17. The Labute approximate surface area is 50.9 Å². The van der Waals surface area contributed by atoms with Gasteiger partial charge in [-0.15, -0.1) is 0 Å². The fraction of sp³-hybridized carbons (Fsp3) is 0.667. The van der Waals surface area contributed by atoms with Crippen LogP contribution in [0.1, 0.15) is 13.3 Å². The van der Waals surface area contributed by atoms with E-state index in [4.69, 9.17) is 0 Å². The van der Waals surface area contributed by atoms with Gasteiger partial charge < -0.3 is 4.79 Å². The van der Waals surface area contributed by atoms with Gasteiger partial charge in [0.05, 0.1) is 0 Å². The molecule has 0 aliphatic rings. The summed E-state index contributed by atoms with van der Waals surface area (Å²) < 4.78 is 0. The predicted octanol–water partition coefficient (Wildman–Crippen LogP) is -0.589. The van der Waals surface area contributed by atoms with Gasteiger partial charge in [0.15, 0.2) is 0 Å². The van der Waals surface area contributed by atoms with Crippen LogP contribution in [0.15, 0.2) is 0 Å². The second-order valence-electron chi connectivity index (χ2n) is 0.575. The standard InChI is InChI=1S/C3H6O.Bi.3H/c1-2-3-4;;;;/h3H,2H2,1H3;;;;. The molecule has 0 aromatic carbocycles. The molecule has 0 heterocycles. The van der Waals surface area contributed by atoms with E-state index in [-0.39, 0.29) is 26.2 Å². The zero-order valence-electron chi connectivity index (χ0n) is 3.40. The average molecular weight is 270 g/mol. The van der Waals surface area contributed by atoms with Gasteiger partial charge in [-0.2, -0.15) is 0 Å². The van der Waals surface area contributed by atoms with E-state index in [2.05, 4.69) is 0 Å². The molecule has 0 atom stereocenters. The van der Waals surface area contributed by atoms with Crippen molar-refractivity contribution in [3.63, 3.8) is 0 Å². The molecule has 32 valence electrons.